The lowest BCUT2D eigenvalue weighted by Gasteiger charge is -2.42. The van der Waals surface area contributed by atoms with E-state index in [9.17, 15) is 9.59 Å². The van der Waals surface area contributed by atoms with E-state index in [1.165, 1.54) is 6.08 Å². The Kier molecular flexibility index (Phi) is 6.02. The fourth-order valence-electron chi connectivity index (χ4n) is 2.10. The van der Waals surface area contributed by atoms with E-state index < -0.39 is 23.1 Å². The highest BCUT2D eigenvalue weighted by molar-refractivity contribution is 9.11. The minimum absolute atomic E-state index is 0.162. The first-order chi connectivity index (χ1) is 12.0. The van der Waals surface area contributed by atoms with Crippen LogP contribution in [-0.2, 0) is 19.1 Å². The maximum absolute atomic E-state index is 12.4. The van der Waals surface area contributed by atoms with Crippen molar-refractivity contribution in [1.82, 2.24) is 0 Å². The van der Waals surface area contributed by atoms with Crippen molar-refractivity contribution in [2.75, 3.05) is 6.61 Å². The predicted molar refractivity (Wildman–Crippen MR) is 106 cm³/mol. The summed E-state index contributed by atoms with van der Waals surface area (Å²) in [6, 6.07) is 3.46. The van der Waals surface area contributed by atoms with Crippen molar-refractivity contribution < 1.29 is 23.8 Å². The molecule has 0 N–H and O–H groups in total. The van der Waals surface area contributed by atoms with E-state index in [1.54, 1.807) is 25.1 Å². The number of esters is 2. The molecule has 7 heteroatoms. The molecular weight excluding hydrogens is 468 g/mol. The SMILES string of the molecule is C=CCOc1c(Br)cc(C=C2C(=O)OC(C)(C(C)(C)C)OC2=O)cc1Br. The molecule has 1 saturated heterocycles. The molecule has 140 valence electrons. The normalized spacial score (nSPS) is 20.3. The largest absolute Gasteiger partial charge is 0.487 e. The average molecular weight is 488 g/mol. The van der Waals surface area contributed by atoms with E-state index >= 15 is 0 Å². The van der Waals surface area contributed by atoms with Crippen molar-refractivity contribution in [1.29, 1.82) is 0 Å². The van der Waals surface area contributed by atoms with Crippen molar-refractivity contribution in [2.24, 2.45) is 5.41 Å². The van der Waals surface area contributed by atoms with Gasteiger partial charge < -0.3 is 14.2 Å². The highest BCUT2D eigenvalue weighted by atomic mass is 79.9. The maximum Gasteiger partial charge on any atom is 0.348 e. The second-order valence-electron chi connectivity index (χ2n) is 6.95. The molecule has 5 nitrogen and oxygen atoms in total. The zero-order valence-electron chi connectivity index (χ0n) is 15.0. The quantitative estimate of drug-likeness (QED) is 0.258. The van der Waals surface area contributed by atoms with Crippen LogP contribution in [0.15, 0.2) is 39.3 Å². The van der Waals surface area contributed by atoms with Gasteiger partial charge in [-0.3, -0.25) is 0 Å². The summed E-state index contributed by atoms with van der Waals surface area (Å²) in [6.07, 6.45) is 3.06. The van der Waals surface area contributed by atoms with Gasteiger partial charge in [-0.1, -0.05) is 33.4 Å². The Hall–Kier alpha value is -1.60. The van der Waals surface area contributed by atoms with E-state index in [1.807, 2.05) is 20.8 Å². The third-order valence-electron chi connectivity index (χ3n) is 4.05. The predicted octanol–water partition coefficient (Wildman–Crippen LogP) is 5.02. The Balaban J connectivity index is 2.35. The number of rotatable bonds is 4. The molecule has 0 radical (unpaired) electrons. The molecule has 0 atom stereocenters. The van der Waals surface area contributed by atoms with Gasteiger partial charge in [-0.2, -0.15) is 0 Å². The third-order valence-corrected chi connectivity index (χ3v) is 5.23. The van der Waals surface area contributed by atoms with E-state index in [-0.39, 0.29) is 5.57 Å². The van der Waals surface area contributed by atoms with Crippen molar-refractivity contribution in [3.05, 3.63) is 44.9 Å². The van der Waals surface area contributed by atoms with Gasteiger partial charge in [0.25, 0.3) is 5.79 Å². The van der Waals surface area contributed by atoms with Gasteiger partial charge in [0.05, 0.1) is 8.95 Å². The van der Waals surface area contributed by atoms with Gasteiger partial charge in [-0.15, -0.1) is 0 Å². The van der Waals surface area contributed by atoms with Gasteiger partial charge in [0.15, 0.2) is 0 Å². The molecule has 0 unspecified atom stereocenters. The summed E-state index contributed by atoms with van der Waals surface area (Å²) in [5.74, 6) is -2.14. The monoisotopic (exact) mass is 486 g/mol. The molecule has 0 bridgehead atoms. The Morgan fingerprint density at radius 1 is 1.15 bits per heavy atom. The van der Waals surface area contributed by atoms with Gasteiger partial charge in [0.2, 0.25) is 0 Å². The third kappa shape index (κ3) is 4.20. The molecule has 1 aromatic rings. The minimum Gasteiger partial charge on any atom is -0.487 e. The van der Waals surface area contributed by atoms with Crippen molar-refractivity contribution in [3.63, 3.8) is 0 Å². The average Bonchev–Trinajstić information content (AvgIpc) is 2.49. The van der Waals surface area contributed by atoms with Crippen LogP contribution in [0.25, 0.3) is 6.08 Å². The van der Waals surface area contributed by atoms with E-state index in [0.29, 0.717) is 26.9 Å². The van der Waals surface area contributed by atoms with Crippen LogP contribution in [0.3, 0.4) is 0 Å². The minimum atomic E-state index is -1.32. The molecule has 1 aromatic carbocycles. The van der Waals surface area contributed by atoms with Gasteiger partial charge in [-0.25, -0.2) is 9.59 Å². The number of hydrogen-bond acceptors (Lipinski definition) is 5. The van der Waals surface area contributed by atoms with Crippen molar-refractivity contribution in [3.8, 4) is 5.75 Å². The van der Waals surface area contributed by atoms with Crippen molar-refractivity contribution in [2.45, 2.75) is 33.5 Å². The van der Waals surface area contributed by atoms with Crippen LogP contribution >= 0.6 is 31.9 Å². The van der Waals surface area contributed by atoms with Crippen LogP contribution in [0.5, 0.6) is 5.75 Å². The summed E-state index contributed by atoms with van der Waals surface area (Å²) in [5, 5.41) is 0. The molecule has 26 heavy (non-hydrogen) atoms. The molecule has 1 aliphatic heterocycles. The van der Waals surface area contributed by atoms with Crippen LogP contribution in [-0.4, -0.2) is 24.3 Å². The Bertz CT molecular complexity index is 747. The zero-order valence-corrected chi connectivity index (χ0v) is 18.2. The molecule has 1 fully saturated rings. The molecule has 0 aromatic heterocycles. The topological polar surface area (TPSA) is 61.8 Å². The summed E-state index contributed by atoms with van der Waals surface area (Å²) in [7, 11) is 0. The van der Waals surface area contributed by atoms with Gasteiger partial charge >= 0.3 is 11.9 Å². The molecule has 1 heterocycles. The summed E-state index contributed by atoms with van der Waals surface area (Å²) >= 11 is 6.83. The van der Waals surface area contributed by atoms with E-state index in [0.717, 1.165) is 0 Å². The Morgan fingerprint density at radius 3 is 2.08 bits per heavy atom. The lowest BCUT2D eigenvalue weighted by atomic mass is 9.85. The fourth-order valence-corrected chi connectivity index (χ4v) is 3.55. The standard InChI is InChI=1S/C19H20Br2O5/c1-6-7-24-15-13(20)9-11(10-14(15)21)8-12-16(22)25-19(5,18(2,3)4)26-17(12)23/h6,8-10H,1,7H2,2-5H3. The number of ether oxygens (including phenoxy) is 3. The Morgan fingerprint density at radius 2 is 1.65 bits per heavy atom. The smallest absolute Gasteiger partial charge is 0.348 e. The fraction of sp³-hybridized carbons (Fsp3) is 0.368. The molecule has 0 saturated carbocycles. The number of carbonyl (C=O) groups is 2. The molecule has 0 spiro atoms. The van der Waals surface area contributed by atoms with Gasteiger partial charge in [0, 0.05) is 12.3 Å². The van der Waals surface area contributed by atoms with Crippen LogP contribution in [0.2, 0.25) is 0 Å². The highest BCUT2D eigenvalue weighted by Crippen LogP contribution is 2.40. The summed E-state index contributed by atoms with van der Waals surface area (Å²) in [5.41, 5.74) is -0.108. The first-order valence-electron chi connectivity index (χ1n) is 7.89. The van der Waals surface area contributed by atoms with Crippen LogP contribution in [0.4, 0.5) is 0 Å². The molecule has 0 aliphatic carbocycles. The van der Waals surface area contributed by atoms with Crippen LogP contribution in [0, 0.1) is 5.41 Å². The molecule has 0 amide bonds. The first kappa shape index (κ1) is 20.7. The van der Waals surface area contributed by atoms with Gasteiger partial charge in [0.1, 0.15) is 17.9 Å². The molecule has 1 aliphatic rings. The van der Waals surface area contributed by atoms with Crippen LogP contribution < -0.4 is 4.74 Å². The number of carbonyl (C=O) groups excluding carboxylic acids is 2. The summed E-state index contributed by atoms with van der Waals surface area (Å²) < 4.78 is 17.7. The number of cyclic esters (lactones) is 2. The van der Waals surface area contributed by atoms with Crippen molar-refractivity contribution >= 4 is 49.9 Å². The number of hydrogen-bond donors (Lipinski definition) is 0. The molecular formula is C19H20Br2O5. The summed E-state index contributed by atoms with van der Waals surface area (Å²) in [6.45, 7) is 11.0. The number of benzene rings is 1. The molecule has 2 rings (SSSR count). The van der Waals surface area contributed by atoms with Gasteiger partial charge in [-0.05, 0) is 55.6 Å². The first-order valence-corrected chi connectivity index (χ1v) is 9.48. The van der Waals surface area contributed by atoms with E-state index in [4.69, 9.17) is 14.2 Å². The second kappa shape index (κ2) is 7.56. The summed E-state index contributed by atoms with van der Waals surface area (Å²) in [4.78, 5) is 24.8. The second-order valence-corrected chi connectivity index (χ2v) is 8.65. The lowest BCUT2D eigenvalue weighted by Crippen LogP contribution is -2.52. The maximum atomic E-state index is 12.4. The number of halogens is 2. The van der Waals surface area contributed by atoms with E-state index in [2.05, 4.69) is 38.4 Å². The Labute approximate surface area is 169 Å². The van der Waals surface area contributed by atoms with Crippen LogP contribution in [0.1, 0.15) is 33.3 Å². The highest BCUT2D eigenvalue weighted by Gasteiger charge is 2.50. The lowest BCUT2D eigenvalue weighted by molar-refractivity contribution is -0.261. The zero-order chi connectivity index (χ0) is 19.7.